The van der Waals surface area contributed by atoms with Crippen molar-refractivity contribution in [2.24, 2.45) is 11.1 Å². The minimum Gasteiger partial charge on any atom is -0.321 e. The number of ketones is 1. The van der Waals surface area contributed by atoms with E-state index in [4.69, 9.17) is 17.3 Å². The molecule has 0 aromatic heterocycles. The van der Waals surface area contributed by atoms with Crippen LogP contribution in [0.3, 0.4) is 0 Å². The van der Waals surface area contributed by atoms with Crippen LogP contribution < -0.4 is 5.73 Å². The number of Topliss-reactive ketones (excluding diaryl/α,β-unsaturated/α-hetero) is 1. The molecular weight excluding hydrogens is 210 g/mol. The van der Waals surface area contributed by atoms with Crippen LogP contribution in [0.2, 0.25) is 5.02 Å². The molecule has 0 spiro atoms. The Hall–Kier alpha value is -0.860. The van der Waals surface area contributed by atoms with E-state index < -0.39 is 6.04 Å². The number of halogens is 1. The van der Waals surface area contributed by atoms with Crippen LogP contribution >= 0.6 is 11.6 Å². The van der Waals surface area contributed by atoms with Crippen molar-refractivity contribution < 1.29 is 4.79 Å². The highest BCUT2D eigenvalue weighted by molar-refractivity contribution is 6.30. The molecule has 0 fully saturated rings. The zero-order valence-corrected chi connectivity index (χ0v) is 10.0. The van der Waals surface area contributed by atoms with Crippen molar-refractivity contribution >= 4 is 17.4 Å². The number of hydrogen-bond donors (Lipinski definition) is 1. The van der Waals surface area contributed by atoms with Gasteiger partial charge in [-0.15, -0.1) is 0 Å². The van der Waals surface area contributed by atoms with E-state index >= 15 is 0 Å². The second kappa shape index (κ2) is 4.33. The van der Waals surface area contributed by atoms with E-state index in [1.807, 2.05) is 20.8 Å². The standard InChI is InChI=1S/C12H16ClNO/c1-12(2,3)11(14)10(15)8-4-6-9(13)7-5-8/h4-7,11H,14H2,1-3H3. The predicted molar refractivity (Wildman–Crippen MR) is 63.2 cm³/mol. The summed E-state index contributed by atoms with van der Waals surface area (Å²) in [6, 6.07) is 6.32. The molecule has 1 unspecified atom stereocenters. The van der Waals surface area contributed by atoms with Crippen LogP contribution in [0.25, 0.3) is 0 Å². The smallest absolute Gasteiger partial charge is 0.180 e. The summed E-state index contributed by atoms with van der Waals surface area (Å²) in [4.78, 5) is 11.9. The fraction of sp³-hybridized carbons (Fsp3) is 0.417. The van der Waals surface area contributed by atoms with Crippen molar-refractivity contribution in [3.05, 3.63) is 34.9 Å². The highest BCUT2D eigenvalue weighted by Crippen LogP contribution is 2.21. The van der Waals surface area contributed by atoms with E-state index in [1.165, 1.54) is 0 Å². The molecule has 0 saturated carbocycles. The molecule has 0 saturated heterocycles. The molecule has 1 rings (SSSR count). The molecule has 2 nitrogen and oxygen atoms in total. The maximum Gasteiger partial charge on any atom is 0.180 e. The third-order valence-electron chi connectivity index (χ3n) is 2.34. The van der Waals surface area contributed by atoms with Gasteiger partial charge in [-0.3, -0.25) is 4.79 Å². The van der Waals surface area contributed by atoms with E-state index in [2.05, 4.69) is 0 Å². The summed E-state index contributed by atoms with van der Waals surface area (Å²) in [6.07, 6.45) is 0. The van der Waals surface area contributed by atoms with Gasteiger partial charge in [-0.25, -0.2) is 0 Å². The number of benzene rings is 1. The summed E-state index contributed by atoms with van der Waals surface area (Å²) in [6.45, 7) is 5.85. The van der Waals surface area contributed by atoms with E-state index in [0.29, 0.717) is 10.6 Å². The highest BCUT2D eigenvalue weighted by atomic mass is 35.5. The lowest BCUT2D eigenvalue weighted by Crippen LogP contribution is -2.42. The Morgan fingerprint density at radius 2 is 1.73 bits per heavy atom. The second-order valence-electron chi connectivity index (χ2n) is 4.71. The Labute approximate surface area is 95.4 Å². The van der Waals surface area contributed by atoms with Crippen molar-refractivity contribution in [2.45, 2.75) is 26.8 Å². The lowest BCUT2D eigenvalue weighted by Gasteiger charge is -2.25. The maximum absolute atomic E-state index is 11.9. The quantitative estimate of drug-likeness (QED) is 0.787. The Morgan fingerprint density at radius 1 is 1.27 bits per heavy atom. The number of carbonyl (C=O) groups is 1. The third kappa shape index (κ3) is 3.05. The van der Waals surface area contributed by atoms with Crippen LogP contribution in [0.1, 0.15) is 31.1 Å². The van der Waals surface area contributed by atoms with Crippen molar-refractivity contribution in [2.75, 3.05) is 0 Å². The Bertz CT molecular complexity index is 351. The molecule has 0 aliphatic rings. The average molecular weight is 226 g/mol. The summed E-state index contributed by atoms with van der Waals surface area (Å²) in [5.41, 5.74) is 6.27. The molecule has 1 aromatic carbocycles. The summed E-state index contributed by atoms with van der Waals surface area (Å²) in [7, 11) is 0. The fourth-order valence-corrected chi connectivity index (χ4v) is 1.31. The third-order valence-corrected chi connectivity index (χ3v) is 2.60. The van der Waals surface area contributed by atoms with E-state index in [1.54, 1.807) is 24.3 Å². The summed E-state index contributed by atoms with van der Waals surface area (Å²) >= 11 is 5.74. The highest BCUT2D eigenvalue weighted by Gasteiger charge is 2.27. The van der Waals surface area contributed by atoms with E-state index in [9.17, 15) is 4.79 Å². The molecular formula is C12H16ClNO. The number of carbonyl (C=O) groups excluding carboxylic acids is 1. The number of nitrogens with two attached hydrogens (primary N) is 1. The second-order valence-corrected chi connectivity index (χ2v) is 5.15. The molecule has 1 atom stereocenters. The lowest BCUT2D eigenvalue weighted by molar-refractivity contribution is 0.0901. The van der Waals surface area contributed by atoms with E-state index in [-0.39, 0.29) is 11.2 Å². The SMILES string of the molecule is CC(C)(C)C(N)C(=O)c1ccc(Cl)cc1. The van der Waals surface area contributed by atoms with Crippen molar-refractivity contribution in [3.8, 4) is 0 Å². The van der Waals surface area contributed by atoms with Gasteiger partial charge >= 0.3 is 0 Å². The molecule has 3 heteroatoms. The predicted octanol–water partition coefficient (Wildman–Crippen LogP) is 2.90. The first kappa shape index (κ1) is 12.2. The van der Waals surface area contributed by atoms with Crippen LogP contribution in [0.5, 0.6) is 0 Å². The summed E-state index contributed by atoms with van der Waals surface area (Å²) in [5.74, 6) is -0.0424. The Balaban J connectivity index is 2.90. The van der Waals surface area contributed by atoms with Crippen LogP contribution in [0.15, 0.2) is 24.3 Å². The van der Waals surface area contributed by atoms with E-state index in [0.717, 1.165) is 0 Å². The van der Waals surface area contributed by atoms with Gasteiger partial charge in [-0.2, -0.15) is 0 Å². The first-order valence-electron chi connectivity index (χ1n) is 4.88. The van der Waals surface area contributed by atoms with Gasteiger partial charge in [0.05, 0.1) is 6.04 Å². The van der Waals surface area contributed by atoms with Gasteiger partial charge in [0.15, 0.2) is 5.78 Å². The topological polar surface area (TPSA) is 43.1 Å². The van der Waals surface area contributed by atoms with Crippen molar-refractivity contribution in [1.29, 1.82) is 0 Å². The van der Waals surface area contributed by atoms with Crippen LogP contribution in [0.4, 0.5) is 0 Å². The van der Waals surface area contributed by atoms with Gasteiger partial charge in [0, 0.05) is 10.6 Å². The maximum atomic E-state index is 11.9. The largest absolute Gasteiger partial charge is 0.321 e. The number of hydrogen-bond acceptors (Lipinski definition) is 2. The first-order chi connectivity index (χ1) is 6.82. The first-order valence-corrected chi connectivity index (χ1v) is 5.25. The minimum absolute atomic E-state index is 0.0424. The van der Waals surface area contributed by atoms with Crippen molar-refractivity contribution in [1.82, 2.24) is 0 Å². The lowest BCUT2D eigenvalue weighted by atomic mass is 9.83. The average Bonchev–Trinajstić information content (AvgIpc) is 2.15. The Kier molecular flexibility index (Phi) is 3.53. The van der Waals surface area contributed by atoms with Gasteiger partial charge in [0.25, 0.3) is 0 Å². The van der Waals surface area contributed by atoms with Crippen LogP contribution in [-0.4, -0.2) is 11.8 Å². The molecule has 2 N–H and O–H groups in total. The molecule has 0 aliphatic heterocycles. The molecule has 0 radical (unpaired) electrons. The monoisotopic (exact) mass is 225 g/mol. The molecule has 0 amide bonds. The molecule has 0 aliphatic carbocycles. The summed E-state index contributed by atoms with van der Waals surface area (Å²) < 4.78 is 0. The van der Waals surface area contributed by atoms with Crippen LogP contribution in [0, 0.1) is 5.41 Å². The van der Waals surface area contributed by atoms with Gasteiger partial charge in [-0.05, 0) is 29.7 Å². The zero-order valence-electron chi connectivity index (χ0n) is 9.25. The number of rotatable bonds is 2. The molecule has 82 valence electrons. The summed E-state index contributed by atoms with van der Waals surface area (Å²) in [5, 5.41) is 0.621. The molecule has 0 heterocycles. The van der Waals surface area contributed by atoms with Crippen LogP contribution in [-0.2, 0) is 0 Å². The van der Waals surface area contributed by atoms with Gasteiger partial charge in [-0.1, -0.05) is 32.4 Å². The van der Waals surface area contributed by atoms with Gasteiger partial charge in [0.1, 0.15) is 0 Å². The normalized spacial score (nSPS) is 13.7. The Morgan fingerprint density at radius 3 is 2.13 bits per heavy atom. The molecule has 1 aromatic rings. The molecule has 15 heavy (non-hydrogen) atoms. The fourth-order valence-electron chi connectivity index (χ4n) is 1.19. The van der Waals surface area contributed by atoms with Gasteiger partial charge in [0.2, 0.25) is 0 Å². The minimum atomic E-state index is -0.487. The van der Waals surface area contributed by atoms with Gasteiger partial charge < -0.3 is 5.73 Å². The zero-order chi connectivity index (χ0) is 11.6. The van der Waals surface area contributed by atoms with Crippen molar-refractivity contribution in [3.63, 3.8) is 0 Å². The molecule has 0 bridgehead atoms.